The van der Waals surface area contributed by atoms with Gasteiger partial charge in [-0.25, -0.2) is 9.59 Å². The number of nitrogens with zero attached hydrogens (tertiary/aromatic N) is 1. The lowest BCUT2D eigenvalue weighted by Gasteiger charge is -2.33. The number of H-pyrrole nitrogens is 1. The maximum Gasteiger partial charge on any atom is 0.411 e. The molecule has 1 unspecified atom stereocenters. The Morgan fingerprint density at radius 2 is 1.82 bits per heavy atom. The number of fused-ring (bicyclic) bond motifs is 3. The van der Waals surface area contributed by atoms with Crippen LogP contribution in [0, 0.1) is 0 Å². The van der Waals surface area contributed by atoms with E-state index in [1.165, 1.54) is 4.90 Å². The summed E-state index contributed by atoms with van der Waals surface area (Å²) in [4.78, 5) is 30.3. The summed E-state index contributed by atoms with van der Waals surface area (Å²) >= 11 is 0. The number of esters is 1. The van der Waals surface area contributed by atoms with Gasteiger partial charge < -0.3 is 14.5 Å². The molecule has 1 atom stereocenters. The summed E-state index contributed by atoms with van der Waals surface area (Å²) in [5, 5.41) is 1.07. The fourth-order valence-electron chi connectivity index (χ4n) is 3.71. The predicted octanol–water partition coefficient (Wildman–Crippen LogP) is 3.97. The van der Waals surface area contributed by atoms with Crippen LogP contribution in [0.4, 0.5) is 4.79 Å². The molecule has 4 rings (SSSR count). The second-order valence-corrected chi connectivity index (χ2v) is 6.70. The molecule has 1 amide bonds. The molecular formula is C22H22N2O4. The van der Waals surface area contributed by atoms with Crippen molar-refractivity contribution in [2.45, 2.75) is 26.0 Å². The number of aromatic nitrogens is 1. The lowest BCUT2D eigenvalue weighted by Crippen LogP contribution is -2.44. The Kier molecular flexibility index (Phi) is 5.02. The monoisotopic (exact) mass is 378 g/mol. The van der Waals surface area contributed by atoms with Crippen LogP contribution in [0.1, 0.15) is 29.8 Å². The number of amides is 1. The molecule has 1 aliphatic rings. The van der Waals surface area contributed by atoms with Gasteiger partial charge in [-0.3, -0.25) is 4.90 Å². The fourth-order valence-corrected chi connectivity index (χ4v) is 3.71. The first-order chi connectivity index (χ1) is 13.7. The molecule has 2 heterocycles. The average Bonchev–Trinajstić information content (AvgIpc) is 3.11. The van der Waals surface area contributed by atoms with E-state index in [0.29, 0.717) is 18.7 Å². The minimum Gasteiger partial charge on any atom is -0.464 e. The molecule has 1 N–H and O–H groups in total. The third-order valence-electron chi connectivity index (χ3n) is 4.98. The van der Waals surface area contributed by atoms with E-state index in [9.17, 15) is 9.59 Å². The smallest absolute Gasteiger partial charge is 0.411 e. The van der Waals surface area contributed by atoms with Crippen LogP contribution in [-0.2, 0) is 27.3 Å². The second-order valence-electron chi connectivity index (χ2n) is 6.70. The van der Waals surface area contributed by atoms with Crippen molar-refractivity contribution in [3.05, 3.63) is 71.4 Å². The van der Waals surface area contributed by atoms with Crippen LogP contribution in [0.25, 0.3) is 10.9 Å². The Labute approximate surface area is 163 Å². The van der Waals surface area contributed by atoms with Gasteiger partial charge in [-0.1, -0.05) is 48.5 Å². The predicted molar refractivity (Wildman–Crippen MR) is 105 cm³/mol. The molecule has 1 aliphatic heterocycles. The Morgan fingerprint density at radius 3 is 2.61 bits per heavy atom. The molecule has 1 aromatic heterocycles. The Hall–Kier alpha value is -3.28. The van der Waals surface area contributed by atoms with Gasteiger partial charge in [-0.15, -0.1) is 0 Å². The van der Waals surface area contributed by atoms with Gasteiger partial charge in [-0.2, -0.15) is 0 Å². The number of nitrogens with one attached hydrogen (secondary N) is 1. The second kappa shape index (κ2) is 7.76. The third kappa shape index (κ3) is 3.33. The molecule has 0 radical (unpaired) electrons. The summed E-state index contributed by atoms with van der Waals surface area (Å²) in [7, 11) is 0. The van der Waals surface area contributed by atoms with E-state index in [-0.39, 0.29) is 13.2 Å². The lowest BCUT2D eigenvalue weighted by atomic mass is 9.97. The molecule has 3 aromatic rings. The van der Waals surface area contributed by atoms with Gasteiger partial charge in [-0.05, 0) is 30.5 Å². The van der Waals surface area contributed by atoms with Gasteiger partial charge in [0, 0.05) is 17.4 Å². The Morgan fingerprint density at radius 1 is 1.07 bits per heavy atom. The molecule has 0 saturated carbocycles. The number of hydrogen-bond donors (Lipinski definition) is 1. The molecule has 0 spiro atoms. The standard InChI is InChI=1S/C22H22N2O4/c1-2-27-21(25)20-19-17(16-10-6-7-11-18(16)23-19)12-13-24(20)22(26)28-14-15-8-4-3-5-9-15/h3-11,20,23H,2,12-14H2,1H3. The van der Waals surface area contributed by atoms with E-state index < -0.39 is 18.1 Å². The summed E-state index contributed by atoms with van der Waals surface area (Å²) < 4.78 is 10.7. The van der Waals surface area contributed by atoms with Crippen molar-refractivity contribution in [3.8, 4) is 0 Å². The van der Waals surface area contributed by atoms with Crippen LogP contribution >= 0.6 is 0 Å². The molecule has 0 saturated heterocycles. The zero-order chi connectivity index (χ0) is 19.5. The zero-order valence-corrected chi connectivity index (χ0v) is 15.7. The largest absolute Gasteiger partial charge is 0.464 e. The van der Waals surface area contributed by atoms with Gasteiger partial charge in [0.1, 0.15) is 6.61 Å². The minimum atomic E-state index is -0.834. The first-order valence-corrected chi connectivity index (χ1v) is 9.42. The highest BCUT2D eigenvalue weighted by molar-refractivity contribution is 5.90. The summed E-state index contributed by atoms with van der Waals surface area (Å²) in [6, 6.07) is 16.5. The average molecular weight is 378 g/mol. The molecule has 0 bridgehead atoms. The van der Waals surface area contributed by atoms with Crippen molar-refractivity contribution in [2.24, 2.45) is 0 Å². The summed E-state index contributed by atoms with van der Waals surface area (Å²) in [5.41, 5.74) is 3.61. The van der Waals surface area contributed by atoms with Crippen molar-refractivity contribution in [2.75, 3.05) is 13.2 Å². The van der Waals surface area contributed by atoms with Crippen molar-refractivity contribution in [3.63, 3.8) is 0 Å². The maximum atomic E-state index is 12.8. The number of carbonyl (C=O) groups excluding carboxylic acids is 2. The third-order valence-corrected chi connectivity index (χ3v) is 4.98. The van der Waals surface area contributed by atoms with Crippen LogP contribution < -0.4 is 0 Å². The van der Waals surface area contributed by atoms with Crippen molar-refractivity contribution < 1.29 is 19.1 Å². The van der Waals surface area contributed by atoms with E-state index in [1.807, 2.05) is 54.6 Å². The Bertz CT molecular complexity index is 996. The molecule has 6 nitrogen and oxygen atoms in total. The molecule has 144 valence electrons. The first kappa shape index (κ1) is 18.1. The number of para-hydroxylation sites is 1. The van der Waals surface area contributed by atoms with E-state index in [2.05, 4.69) is 4.98 Å². The van der Waals surface area contributed by atoms with Crippen LogP contribution in [-0.4, -0.2) is 35.1 Å². The van der Waals surface area contributed by atoms with Gasteiger partial charge in [0.05, 0.1) is 12.3 Å². The minimum absolute atomic E-state index is 0.158. The van der Waals surface area contributed by atoms with Gasteiger partial charge >= 0.3 is 12.1 Å². The normalized spacial score (nSPS) is 15.9. The topological polar surface area (TPSA) is 71.6 Å². The summed E-state index contributed by atoms with van der Waals surface area (Å²) in [5.74, 6) is -0.452. The highest BCUT2D eigenvalue weighted by Gasteiger charge is 2.40. The van der Waals surface area contributed by atoms with Crippen LogP contribution in [0.3, 0.4) is 0 Å². The van der Waals surface area contributed by atoms with Gasteiger partial charge in [0.25, 0.3) is 0 Å². The van der Waals surface area contributed by atoms with E-state index in [1.54, 1.807) is 6.92 Å². The number of benzene rings is 2. The van der Waals surface area contributed by atoms with Gasteiger partial charge in [0.2, 0.25) is 0 Å². The number of hydrogen-bond acceptors (Lipinski definition) is 4. The molecule has 0 aliphatic carbocycles. The molecule has 6 heteroatoms. The molecule has 28 heavy (non-hydrogen) atoms. The molecule has 0 fully saturated rings. The van der Waals surface area contributed by atoms with Crippen LogP contribution in [0.2, 0.25) is 0 Å². The van der Waals surface area contributed by atoms with E-state index in [0.717, 1.165) is 22.0 Å². The number of aromatic amines is 1. The molecular weight excluding hydrogens is 356 g/mol. The zero-order valence-electron chi connectivity index (χ0n) is 15.7. The number of ether oxygens (including phenoxy) is 2. The highest BCUT2D eigenvalue weighted by Crippen LogP contribution is 2.35. The maximum absolute atomic E-state index is 12.8. The number of rotatable bonds is 4. The SMILES string of the molecule is CCOC(=O)C1c2[nH]c3ccccc3c2CCN1C(=O)OCc1ccccc1. The van der Waals surface area contributed by atoms with E-state index >= 15 is 0 Å². The molecule has 2 aromatic carbocycles. The summed E-state index contributed by atoms with van der Waals surface area (Å²) in [6.07, 6.45) is 0.126. The summed E-state index contributed by atoms with van der Waals surface area (Å²) in [6.45, 7) is 2.56. The van der Waals surface area contributed by atoms with Gasteiger partial charge in [0.15, 0.2) is 6.04 Å². The Balaban J connectivity index is 1.63. The number of carbonyl (C=O) groups is 2. The first-order valence-electron chi connectivity index (χ1n) is 9.42. The fraction of sp³-hybridized carbons (Fsp3) is 0.273. The lowest BCUT2D eigenvalue weighted by molar-refractivity contribution is -0.149. The van der Waals surface area contributed by atoms with Crippen molar-refractivity contribution in [1.82, 2.24) is 9.88 Å². The van der Waals surface area contributed by atoms with E-state index in [4.69, 9.17) is 9.47 Å². The van der Waals surface area contributed by atoms with Crippen molar-refractivity contribution in [1.29, 1.82) is 0 Å². The highest BCUT2D eigenvalue weighted by atomic mass is 16.6. The quantitative estimate of drug-likeness (QED) is 0.698. The van der Waals surface area contributed by atoms with Crippen LogP contribution in [0.5, 0.6) is 0 Å². The van der Waals surface area contributed by atoms with Crippen molar-refractivity contribution >= 4 is 23.0 Å². The van der Waals surface area contributed by atoms with Crippen LogP contribution in [0.15, 0.2) is 54.6 Å².